The first-order chi connectivity index (χ1) is 5.22. The van der Waals surface area contributed by atoms with Gasteiger partial charge >= 0.3 is 0 Å². The molecule has 0 unspecified atom stereocenters. The second-order valence-electron chi connectivity index (χ2n) is 2.86. The zero-order valence-electron chi connectivity index (χ0n) is 7.98. The number of nitrogens with zero attached hydrogens (tertiary/aromatic N) is 1. The Balaban J connectivity index is 3.97. The number of rotatable bonds is 5. The van der Waals surface area contributed by atoms with Crippen LogP contribution in [0.15, 0.2) is 17.1 Å². The normalized spacial score (nSPS) is 11.7. The minimum atomic E-state index is 0.947. The molecule has 0 aliphatic heterocycles. The standard InChI is InChI=1S/C10H19N/c1-5-7-10(9(3)4)11-8-6-2/h3,5-8H2,1-2,4H3. The molecule has 0 saturated heterocycles. The zero-order chi connectivity index (χ0) is 8.69. The Morgan fingerprint density at radius 1 is 1.27 bits per heavy atom. The molecular weight excluding hydrogens is 134 g/mol. The maximum absolute atomic E-state index is 4.45. The van der Waals surface area contributed by atoms with Crippen molar-refractivity contribution >= 4 is 5.71 Å². The average Bonchev–Trinajstić information content (AvgIpc) is 1.97. The third-order valence-corrected chi connectivity index (χ3v) is 1.51. The molecular formula is C10H19N. The van der Waals surface area contributed by atoms with Crippen molar-refractivity contribution in [3.05, 3.63) is 12.2 Å². The highest BCUT2D eigenvalue weighted by Gasteiger charge is 1.96. The molecule has 0 heterocycles. The number of aliphatic imine (C=N–C) groups is 1. The van der Waals surface area contributed by atoms with Gasteiger partial charge in [0.25, 0.3) is 0 Å². The van der Waals surface area contributed by atoms with Crippen LogP contribution in [0.2, 0.25) is 0 Å². The van der Waals surface area contributed by atoms with Gasteiger partial charge in [0.2, 0.25) is 0 Å². The molecule has 0 aromatic heterocycles. The largest absolute Gasteiger partial charge is 0.290 e. The lowest BCUT2D eigenvalue weighted by molar-refractivity contribution is 0.909. The monoisotopic (exact) mass is 153 g/mol. The van der Waals surface area contributed by atoms with Crippen molar-refractivity contribution in [2.75, 3.05) is 6.54 Å². The van der Waals surface area contributed by atoms with Crippen LogP contribution in [0.4, 0.5) is 0 Å². The number of hydrogen-bond acceptors (Lipinski definition) is 1. The van der Waals surface area contributed by atoms with Gasteiger partial charge in [0.05, 0.1) is 0 Å². The molecule has 0 bridgehead atoms. The topological polar surface area (TPSA) is 12.4 Å². The van der Waals surface area contributed by atoms with E-state index >= 15 is 0 Å². The Kier molecular flexibility index (Phi) is 5.81. The molecule has 0 saturated carbocycles. The molecule has 64 valence electrons. The molecule has 0 aliphatic rings. The summed E-state index contributed by atoms with van der Waals surface area (Å²) in [6.07, 6.45) is 3.37. The summed E-state index contributed by atoms with van der Waals surface area (Å²) >= 11 is 0. The summed E-state index contributed by atoms with van der Waals surface area (Å²) in [4.78, 5) is 4.45. The first kappa shape index (κ1) is 10.4. The van der Waals surface area contributed by atoms with E-state index in [1.807, 2.05) is 6.92 Å². The lowest BCUT2D eigenvalue weighted by Gasteiger charge is -2.02. The summed E-state index contributed by atoms with van der Waals surface area (Å²) in [7, 11) is 0. The van der Waals surface area contributed by atoms with E-state index in [9.17, 15) is 0 Å². The van der Waals surface area contributed by atoms with Crippen LogP contribution >= 0.6 is 0 Å². The molecule has 0 atom stereocenters. The highest BCUT2D eigenvalue weighted by atomic mass is 14.7. The summed E-state index contributed by atoms with van der Waals surface area (Å²) in [5.74, 6) is 0. The number of allylic oxidation sites excluding steroid dienone is 1. The van der Waals surface area contributed by atoms with Crippen LogP contribution < -0.4 is 0 Å². The highest BCUT2D eigenvalue weighted by molar-refractivity contribution is 5.99. The van der Waals surface area contributed by atoms with Gasteiger partial charge in [-0.15, -0.1) is 0 Å². The fourth-order valence-electron chi connectivity index (χ4n) is 0.911. The summed E-state index contributed by atoms with van der Waals surface area (Å²) in [5, 5.41) is 0. The molecule has 0 radical (unpaired) electrons. The van der Waals surface area contributed by atoms with Gasteiger partial charge in [-0.1, -0.05) is 26.8 Å². The average molecular weight is 153 g/mol. The van der Waals surface area contributed by atoms with Gasteiger partial charge in [0.15, 0.2) is 0 Å². The molecule has 1 heteroatoms. The summed E-state index contributed by atoms with van der Waals surface area (Å²) in [5.41, 5.74) is 2.33. The maximum Gasteiger partial charge on any atom is 0.0390 e. The van der Waals surface area contributed by atoms with Crippen LogP contribution in [0.3, 0.4) is 0 Å². The lowest BCUT2D eigenvalue weighted by Crippen LogP contribution is -1.99. The molecule has 0 N–H and O–H groups in total. The van der Waals surface area contributed by atoms with Crippen molar-refractivity contribution in [2.45, 2.75) is 40.0 Å². The van der Waals surface area contributed by atoms with Crippen molar-refractivity contribution in [3.63, 3.8) is 0 Å². The van der Waals surface area contributed by atoms with Gasteiger partial charge in [0, 0.05) is 12.3 Å². The molecule has 0 fully saturated rings. The fraction of sp³-hybridized carbons (Fsp3) is 0.700. The Hall–Kier alpha value is -0.590. The van der Waals surface area contributed by atoms with Crippen LogP contribution in [0.1, 0.15) is 40.0 Å². The molecule has 0 rings (SSSR count). The second kappa shape index (κ2) is 6.14. The Labute approximate surface area is 70.2 Å². The van der Waals surface area contributed by atoms with Crippen molar-refractivity contribution in [1.29, 1.82) is 0 Å². The van der Waals surface area contributed by atoms with Gasteiger partial charge in [0.1, 0.15) is 0 Å². The van der Waals surface area contributed by atoms with E-state index in [1.54, 1.807) is 0 Å². The highest BCUT2D eigenvalue weighted by Crippen LogP contribution is 2.02. The first-order valence-corrected chi connectivity index (χ1v) is 4.41. The fourth-order valence-corrected chi connectivity index (χ4v) is 0.911. The Morgan fingerprint density at radius 2 is 1.91 bits per heavy atom. The van der Waals surface area contributed by atoms with Crippen LogP contribution in [0.25, 0.3) is 0 Å². The quantitative estimate of drug-likeness (QED) is 0.538. The smallest absolute Gasteiger partial charge is 0.0390 e. The van der Waals surface area contributed by atoms with Crippen LogP contribution in [-0.4, -0.2) is 12.3 Å². The molecule has 0 aromatic carbocycles. The Bertz CT molecular complexity index is 145. The molecule has 0 aliphatic carbocycles. The predicted molar refractivity (Wildman–Crippen MR) is 52.3 cm³/mol. The summed E-state index contributed by atoms with van der Waals surface area (Å²) < 4.78 is 0. The van der Waals surface area contributed by atoms with Crippen molar-refractivity contribution in [1.82, 2.24) is 0 Å². The maximum atomic E-state index is 4.45. The van der Waals surface area contributed by atoms with E-state index in [4.69, 9.17) is 0 Å². The van der Waals surface area contributed by atoms with E-state index in [-0.39, 0.29) is 0 Å². The molecule has 0 aromatic rings. The van der Waals surface area contributed by atoms with E-state index in [2.05, 4.69) is 25.4 Å². The van der Waals surface area contributed by atoms with E-state index < -0.39 is 0 Å². The van der Waals surface area contributed by atoms with Crippen molar-refractivity contribution < 1.29 is 0 Å². The minimum absolute atomic E-state index is 0.947. The SMILES string of the molecule is C=C(C)C(CCC)=NCCC. The van der Waals surface area contributed by atoms with Gasteiger partial charge in [-0.2, -0.15) is 0 Å². The van der Waals surface area contributed by atoms with Crippen LogP contribution in [0, 0.1) is 0 Å². The second-order valence-corrected chi connectivity index (χ2v) is 2.86. The van der Waals surface area contributed by atoms with Crippen LogP contribution in [-0.2, 0) is 0 Å². The van der Waals surface area contributed by atoms with Crippen molar-refractivity contribution in [2.24, 2.45) is 4.99 Å². The molecule has 1 nitrogen and oxygen atoms in total. The van der Waals surface area contributed by atoms with E-state index in [0.29, 0.717) is 0 Å². The van der Waals surface area contributed by atoms with E-state index in [0.717, 1.165) is 31.4 Å². The third kappa shape index (κ3) is 4.77. The summed E-state index contributed by atoms with van der Waals surface area (Å²) in [6.45, 7) is 11.2. The lowest BCUT2D eigenvalue weighted by atomic mass is 10.1. The molecule has 11 heavy (non-hydrogen) atoms. The number of hydrogen-bond donors (Lipinski definition) is 0. The third-order valence-electron chi connectivity index (χ3n) is 1.51. The Morgan fingerprint density at radius 3 is 2.27 bits per heavy atom. The molecule has 0 spiro atoms. The van der Waals surface area contributed by atoms with Gasteiger partial charge in [-0.25, -0.2) is 0 Å². The first-order valence-electron chi connectivity index (χ1n) is 4.41. The summed E-state index contributed by atoms with van der Waals surface area (Å²) in [6, 6.07) is 0. The van der Waals surface area contributed by atoms with Crippen molar-refractivity contribution in [3.8, 4) is 0 Å². The predicted octanol–water partition coefficient (Wildman–Crippen LogP) is 3.21. The van der Waals surface area contributed by atoms with Gasteiger partial charge < -0.3 is 0 Å². The molecule has 0 amide bonds. The minimum Gasteiger partial charge on any atom is -0.290 e. The van der Waals surface area contributed by atoms with Gasteiger partial charge in [-0.3, -0.25) is 4.99 Å². The van der Waals surface area contributed by atoms with Crippen LogP contribution in [0.5, 0.6) is 0 Å². The van der Waals surface area contributed by atoms with Gasteiger partial charge in [-0.05, 0) is 25.3 Å². The van der Waals surface area contributed by atoms with E-state index in [1.165, 1.54) is 5.71 Å². The zero-order valence-corrected chi connectivity index (χ0v) is 7.98.